The fourth-order valence-electron chi connectivity index (χ4n) is 2.48. The Kier molecular flexibility index (Phi) is 5.93. The number of methoxy groups -OCH3 is 1. The first-order chi connectivity index (χ1) is 13.0. The number of nitrogens with one attached hydrogen (secondary N) is 1. The highest BCUT2D eigenvalue weighted by atomic mass is 35.5. The van der Waals surface area contributed by atoms with Crippen molar-refractivity contribution in [3.63, 3.8) is 0 Å². The molecule has 1 N–H and O–H groups in total. The number of halogens is 1. The average Bonchev–Trinajstić information content (AvgIpc) is 3.07. The van der Waals surface area contributed by atoms with Crippen LogP contribution in [0.2, 0.25) is 5.15 Å². The van der Waals surface area contributed by atoms with Gasteiger partial charge in [0, 0.05) is 16.8 Å². The third-order valence-electron chi connectivity index (χ3n) is 3.75. The van der Waals surface area contributed by atoms with Crippen LogP contribution in [-0.4, -0.2) is 23.0 Å². The molecule has 0 saturated heterocycles. The Morgan fingerprint density at radius 3 is 2.63 bits per heavy atom. The molecule has 0 aliphatic rings. The molecule has 0 fully saturated rings. The number of carbonyl (C=O) groups is 1. The van der Waals surface area contributed by atoms with E-state index in [1.807, 2.05) is 36.6 Å². The van der Waals surface area contributed by atoms with Gasteiger partial charge in [-0.25, -0.2) is 14.8 Å². The molecule has 1 aromatic carbocycles. The summed E-state index contributed by atoms with van der Waals surface area (Å²) in [4.78, 5) is 20.9. The van der Waals surface area contributed by atoms with Gasteiger partial charge in [0.05, 0.1) is 18.4 Å². The number of esters is 1. The van der Waals surface area contributed by atoms with Crippen molar-refractivity contribution in [2.45, 2.75) is 20.5 Å². The van der Waals surface area contributed by atoms with E-state index in [0.717, 1.165) is 22.7 Å². The summed E-state index contributed by atoms with van der Waals surface area (Å²) in [5, 5.41) is 5.89. The summed E-state index contributed by atoms with van der Waals surface area (Å²) >= 11 is 7.51. The lowest BCUT2D eigenvalue weighted by molar-refractivity contribution is 0.0467. The molecular weight excluding hydrogens is 386 g/mol. The monoisotopic (exact) mass is 403 g/mol. The first kappa shape index (κ1) is 19.1. The van der Waals surface area contributed by atoms with Crippen LogP contribution in [0.1, 0.15) is 27.3 Å². The Balaban J connectivity index is 1.61. The van der Waals surface area contributed by atoms with Crippen LogP contribution in [0.4, 0.5) is 10.8 Å². The van der Waals surface area contributed by atoms with E-state index in [0.29, 0.717) is 10.8 Å². The maximum Gasteiger partial charge on any atom is 0.341 e. The molecule has 6 nitrogen and oxygen atoms in total. The lowest BCUT2D eigenvalue weighted by Crippen LogP contribution is -2.09. The Morgan fingerprint density at radius 1 is 1.22 bits per heavy atom. The second kappa shape index (κ2) is 8.37. The van der Waals surface area contributed by atoms with Crippen LogP contribution in [0.5, 0.6) is 5.75 Å². The number of anilines is 2. The first-order valence-electron chi connectivity index (χ1n) is 8.12. The Hall–Kier alpha value is -2.64. The Bertz CT molecular complexity index is 934. The zero-order valence-electron chi connectivity index (χ0n) is 15.1. The van der Waals surface area contributed by atoms with E-state index in [2.05, 4.69) is 15.3 Å². The number of aromatic nitrogens is 2. The van der Waals surface area contributed by atoms with Crippen molar-refractivity contribution >= 4 is 39.7 Å². The van der Waals surface area contributed by atoms with Gasteiger partial charge < -0.3 is 14.8 Å². The van der Waals surface area contributed by atoms with Crippen LogP contribution < -0.4 is 10.1 Å². The van der Waals surface area contributed by atoms with Crippen molar-refractivity contribution in [2.24, 2.45) is 0 Å². The Labute approximate surface area is 166 Å². The lowest BCUT2D eigenvalue weighted by atomic mass is 10.1. The van der Waals surface area contributed by atoms with Gasteiger partial charge in [-0.05, 0) is 49.7 Å². The molecule has 8 heteroatoms. The molecular formula is C19H18ClN3O3S. The topological polar surface area (TPSA) is 73.3 Å². The minimum Gasteiger partial charge on any atom is -0.497 e. The Morgan fingerprint density at radius 2 is 1.96 bits per heavy atom. The van der Waals surface area contributed by atoms with Gasteiger partial charge in [0.2, 0.25) is 0 Å². The SMILES string of the molecule is COc1ccc(Nc2nc(COC(=O)c3c(C)cc(C)nc3Cl)cs2)cc1. The van der Waals surface area contributed by atoms with E-state index in [-0.39, 0.29) is 17.3 Å². The van der Waals surface area contributed by atoms with Gasteiger partial charge in [-0.2, -0.15) is 0 Å². The summed E-state index contributed by atoms with van der Waals surface area (Å²) in [7, 11) is 1.62. The van der Waals surface area contributed by atoms with Gasteiger partial charge in [-0.15, -0.1) is 11.3 Å². The van der Waals surface area contributed by atoms with E-state index < -0.39 is 5.97 Å². The van der Waals surface area contributed by atoms with Gasteiger partial charge in [0.15, 0.2) is 5.13 Å². The summed E-state index contributed by atoms with van der Waals surface area (Å²) in [6, 6.07) is 9.31. The van der Waals surface area contributed by atoms with Crippen molar-refractivity contribution in [2.75, 3.05) is 12.4 Å². The first-order valence-corrected chi connectivity index (χ1v) is 9.38. The van der Waals surface area contributed by atoms with Crippen LogP contribution in [-0.2, 0) is 11.3 Å². The molecule has 0 aliphatic carbocycles. The number of pyridine rings is 1. The van der Waals surface area contributed by atoms with Crippen LogP contribution in [0.3, 0.4) is 0 Å². The maximum absolute atomic E-state index is 12.3. The smallest absolute Gasteiger partial charge is 0.341 e. The summed E-state index contributed by atoms with van der Waals surface area (Å²) < 4.78 is 10.5. The normalized spacial score (nSPS) is 10.5. The predicted octanol–water partition coefficient (Wildman–Crippen LogP) is 4.92. The van der Waals surface area contributed by atoms with Gasteiger partial charge in [-0.3, -0.25) is 0 Å². The van der Waals surface area contributed by atoms with Crippen molar-refractivity contribution in [3.05, 3.63) is 63.4 Å². The number of rotatable bonds is 6. The average molecular weight is 404 g/mol. The molecule has 0 aliphatic heterocycles. The van der Waals surface area contributed by atoms with E-state index in [9.17, 15) is 4.79 Å². The summed E-state index contributed by atoms with van der Waals surface area (Å²) in [5.41, 5.74) is 3.31. The highest BCUT2D eigenvalue weighted by Gasteiger charge is 2.17. The predicted molar refractivity (Wildman–Crippen MR) is 106 cm³/mol. The summed E-state index contributed by atoms with van der Waals surface area (Å²) in [6.07, 6.45) is 0. The number of hydrogen-bond donors (Lipinski definition) is 1. The highest BCUT2D eigenvalue weighted by Crippen LogP contribution is 2.24. The molecule has 0 saturated carbocycles. The lowest BCUT2D eigenvalue weighted by Gasteiger charge is -2.08. The van der Waals surface area contributed by atoms with E-state index >= 15 is 0 Å². The van der Waals surface area contributed by atoms with Crippen LogP contribution in [0.15, 0.2) is 35.7 Å². The number of aryl methyl sites for hydroxylation is 2. The van der Waals surface area contributed by atoms with Gasteiger partial charge in [-0.1, -0.05) is 11.6 Å². The number of ether oxygens (including phenoxy) is 2. The largest absolute Gasteiger partial charge is 0.497 e. The van der Waals surface area contributed by atoms with Gasteiger partial charge >= 0.3 is 5.97 Å². The minimum absolute atomic E-state index is 0.0588. The number of thiazole rings is 1. The molecule has 140 valence electrons. The second-order valence-electron chi connectivity index (χ2n) is 5.82. The summed E-state index contributed by atoms with van der Waals surface area (Å²) in [5.74, 6) is 0.273. The van der Waals surface area contributed by atoms with Crippen molar-refractivity contribution in [1.29, 1.82) is 0 Å². The fourth-order valence-corrected chi connectivity index (χ4v) is 3.55. The van der Waals surface area contributed by atoms with Gasteiger partial charge in [0.25, 0.3) is 0 Å². The van der Waals surface area contributed by atoms with Crippen LogP contribution in [0, 0.1) is 13.8 Å². The third-order valence-corrected chi connectivity index (χ3v) is 4.83. The zero-order chi connectivity index (χ0) is 19.4. The molecule has 2 aromatic heterocycles. The number of benzene rings is 1. The molecule has 2 heterocycles. The standard InChI is InChI=1S/C19H18ClN3O3S/c1-11-8-12(2)21-17(20)16(11)18(24)26-9-14-10-27-19(23-14)22-13-4-6-15(25-3)7-5-13/h4-8,10H,9H2,1-3H3,(H,22,23). The molecule has 3 aromatic rings. The molecule has 0 amide bonds. The number of nitrogens with zero attached hydrogens (tertiary/aromatic N) is 2. The van der Waals surface area contributed by atoms with E-state index in [1.54, 1.807) is 20.1 Å². The van der Waals surface area contributed by atoms with E-state index in [4.69, 9.17) is 21.1 Å². The molecule has 0 atom stereocenters. The molecule has 3 rings (SSSR count). The molecule has 0 unspecified atom stereocenters. The maximum atomic E-state index is 12.3. The van der Waals surface area contributed by atoms with E-state index in [1.165, 1.54) is 11.3 Å². The van der Waals surface area contributed by atoms with Crippen molar-refractivity contribution in [3.8, 4) is 5.75 Å². The molecule has 27 heavy (non-hydrogen) atoms. The summed E-state index contributed by atoms with van der Waals surface area (Å²) in [6.45, 7) is 3.68. The minimum atomic E-state index is -0.511. The second-order valence-corrected chi connectivity index (χ2v) is 7.04. The highest BCUT2D eigenvalue weighted by molar-refractivity contribution is 7.13. The zero-order valence-corrected chi connectivity index (χ0v) is 16.6. The fraction of sp³-hybridized carbons (Fsp3) is 0.211. The molecule has 0 bridgehead atoms. The quantitative estimate of drug-likeness (QED) is 0.465. The number of hydrogen-bond acceptors (Lipinski definition) is 7. The van der Waals surface area contributed by atoms with Crippen molar-refractivity contribution < 1.29 is 14.3 Å². The van der Waals surface area contributed by atoms with Crippen molar-refractivity contribution in [1.82, 2.24) is 9.97 Å². The van der Waals surface area contributed by atoms with Crippen LogP contribution >= 0.6 is 22.9 Å². The van der Waals surface area contributed by atoms with Gasteiger partial charge in [0.1, 0.15) is 17.5 Å². The molecule has 0 radical (unpaired) electrons. The number of carbonyl (C=O) groups excluding carboxylic acids is 1. The third kappa shape index (κ3) is 4.75. The molecule has 0 spiro atoms. The van der Waals surface area contributed by atoms with Crippen LogP contribution in [0.25, 0.3) is 0 Å².